The second kappa shape index (κ2) is 6.07. The molecule has 0 radical (unpaired) electrons. The summed E-state index contributed by atoms with van der Waals surface area (Å²) in [5, 5.41) is 3.12. The number of rotatable bonds is 3. The summed E-state index contributed by atoms with van der Waals surface area (Å²) in [4.78, 5) is 30.6. The standard InChI is InChI=1S/C17H23N3O2/c1-11(2)17(22)20-14-3-4-15(20)10-13(9-14)19-16(21)12-5-7-18-8-6-12/h5-8,11,13-15H,3-4,9-10H2,1-2H3,(H,19,21). The van der Waals surface area contributed by atoms with E-state index in [2.05, 4.69) is 15.2 Å². The van der Waals surface area contributed by atoms with Crippen molar-refractivity contribution in [3.8, 4) is 0 Å². The van der Waals surface area contributed by atoms with Crippen molar-refractivity contribution in [1.29, 1.82) is 0 Å². The van der Waals surface area contributed by atoms with Crippen LogP contribution in [0.25, 0.3) is 0 Å². The highest BCUT2D eigenvalue weighted by molar-refractivity contribution is 5.94. The lowest BCUT2D eigenvalue weighted by Crippen LogP contribution is -2.53. The highest BCUT2D eigenvalue weighted by Crippen LogP contribution is 2.36. The van der Waals surface area contributed by atoms with Crippen LogP contribution in [0.2, 0.25) is 0 Å². The molecular formula is C17H23N3O2. The third kappa shape index (κ3) is 2.85. The van der Waals surface area contributed by atoms with E-state index in [9.17, 15) is 9.59 Å². The van der Waals surface area contributed by atoms with Gasteiger partial charge >= 0.3 is 0 Å². The van der Waals surface area contributed by atoms with Gasteiger partial charge in [-0.3, -0.25) is 14.6 Å². The average Bonchev–Trinajstić information content (AvgIpc) is 2.78. The molecule has 2 fully saturated rings. The predicted octanol–water partition coefficient (Wildman–Crippen LogP) is 1.99. The predicted molar refractivity (Wildman–Crippen MR) is 83.2 cm³/mol. The molecule has 5 heteroatoms. The van der Waals surface area contributed by atoms with Gasteiger partial charge in [0.15, 0.2) is 0 Å². The van der Waals surface area contributed by atoms with E-state index in [4.69, 9.17) is 0 Å². The van der Waals surface area contributed by atoms with Crippen molar-refractivity contribution in [2.75, 3.05) is 0 Å². The lowest BCUT2D eigenvalue weighted by atomic mass is 9.95. The molecule has 2 amide bonds. The van der Waals surface area contributed by atoms with E-state index in [1.807, 2.05) is 13.8 Å². The van der Waals surface area contributed by atoms with E-state index in [0.29, 0.717) is 5.56 Å². The van der Waals surface area contributed by atoms with Gasteiger partial charge in [0.25, 0.3) is 5.91 Å². The Labute approximate surface area is 131 Å². The molecule has 1 aromatic heterocycles. The van der Waals surface area contributed by atoms with Crippen LogP contribution in [0.4, 0.5) is 0 Å². The van der Waals surface area contributed by atoms with E-state index in [1.165, 1.54) is 0 Å². The summed E-state index contributed by atoms with van der Waals surface area (Å²) >= 11 is 0. The average molecular weight is 301 g/mol. The van der Waals surface area contributed by atoms with Crippen molar-refractivity contribution >= 4 is 11.8 Å². The normalized spacial score (nSPS) is 27.0. The number of nitrogens with zero attached hydrogens (tertiary/aromatic N) is 2. The summed E-state index contributed by atoms with van der Waals surface area (Å²) in [6.07, 6.45) is 7.11. The van der Waals surface area contributed by atoms with E-state index in [-0.39, 0.29) is 35.9 Å². The van der Waals surface area contributed by atoms with Crippen LogP contribution in [0.15, 0.2) is 24.5 Å². The minimum atomic E-state index is -0.0459. The Morgan fingerprint density at radius 3 is 2.32 bits per heavy atom. The Morgan fingerprint density at radius 1 is 1.18 bits per heavy atom. The minimum absolute atomic E-state index is 0.0459. The van der Waals surface area contributed by atoms with E-state index in [0.717, 1.165) is 25.7 Å². The molecule has 0 aromatic carbocycles. The maximum Gasteiger partial charge on any atom is 0.251 e. The molecule has 2 bridgehead atoms. The number of aromatic nitrogens is 1. The van der Waals surface area contributed by atoms with Crippen LogP contribution in [0.5, 0.6) is 0 Å². The Hall–Kier alpha value is -1.91. The number of hydrogen-bond acceptors (Lipinski definition) is 3. The minimum Gasteiger partial charge on any atom is -0.349 e. The number of carbonyl (C=O) groups excluding carboxylic acids is 2. The molecule has 118 valence electrons. The van der Waals surface area contributed by atoms with Crippen LogP contribution < -0.4 is 5.32 Å². The van der Waals surface area contributed by atoms with Gasteiger partial charge in [0, 0.05) is 42.0 Å². The highest BCUT2D eigenvalue weighted by atomic mass is 16.2. The molecule has 0 aliphatic carbocycles. The van der Waals surface area contributed by atoms with Crippen LogP contribution >= 0.6 is 0 Å². The topological polar surface area (TPSA) is 62.3 Å². The lowest BCUT2D eigenvalue weighted by molar-refractivity contribution is -0.139. The summed E-state index contributed by atoms with van der Waals surface area (Å²) in [6.45, 7) is 3.91. The van der Waals surface area contributed by atoms with Gasteiger partial charge in [0.2, 0.25) is 5.91 Å². The zero-order chi connectivity index (χ0) is 15.7. The van der Waals surface area contributed by atoms with Gasteiger partial charge < -0.3 is 10.2 Å². The maximum absolute atomic E-state index is 12.3. The molecule has 2 aliphatic heterocycles. The van der Waals surface area contributed by atoms with Gasteiger partial charge in [-0.2, -0.15) is 0 Å². The molecule has 3 heterocycles. The highest BCUT2D eigenvalue weighted by Gasteiger charge is 2.43. The maximum atomic E-state index is 12.3. The van der Waals surface area contributed by atoms with Crippen LogP contribution in [-0.2, 0) is 4.79 Å². The zero-order valence-corrected chi connectivity index (χ0v) is 13.2. The molecule has 2 unspecified atom stereocenters. The fourth-order valence-corrected chi connectivity index (χ4v) is 3.72. The van der Waals surface area contributed by atoms with Crippen LogP contribution in [0, 0.1) is 5.92 Å². The van der Waals surface area contributed by atoms with Gasteiger partial charge in [0.05, 0.1) is 0 Å². The summed E-state index contributed by atoms with van der Waals surface area (Å²) in [5.74, 6) is 0.257. The lowest BCUT2D eigenvalue weighted by Gasteiger charge is -2.40. The second-order valence-corrected chi connectivity index (χ2v) is 6.66. The summed E-state index contributed by atoms with van der Waals surface area (Å²) in [7, 11) is 0. The SMILES string of the molecule is CC(C)C(=O)N1C2CCC1CC(NC(=O)c1ccncc1)C2. The first-order valence-electron chi connectivity index (χ1n) is 8.09. The van der Waals surface area contributed by atoms with Crippen LogP contribution in [0.3, 0.4) is 0 Å². The number of nitrogens with one attached hydrogen (secondary N) is 1. The monoisotopic (exact) mass is 301 g/mol. The molecule has 5 nitrogen and oxygen atoms in total. The molecule has 0 spiro atoms. The number of hydrogen-bond donors (Lipinski definition) is 1. The smallest absolute Gasteiger partial charge is 0.251 e. The molecule has 0 saturated carbocycles. The van der Waals surface area contributed by atoms with Crippen LogP contribution in [-0.4, -0.2) is 39.8 Å². The number of carbonyl (C=O) groups is 2. The van der Waals surface area contributed by atoms with Crippen molar-refractivity contribution in [3.05, 3.63) is 30.1 Å². The molecule has 2 aliphatic rings. The van der Waals surface area contributed by atoms with E-state index in [1.54, 1.807) is 24.5 Å². The number of fused-ring (bicyclic) bond motifs is 2. The molecule has 1 N–H and O–H groups in total. The number of amides is 2. The van der Waals surface area contributed by atoms with Gasteiger partial charge in [-0.1, -0.05) is 13.8 Å². The number of piperidine rings is 1. The molecule has 2 saturated heterocycles. The number of pyridine rings is 1. The Morgan fingerprint density at radius 2 is 1.77 bits per heavy atom. The first-order chi connectivity index (χ1) is 10.6. The van der Waals surface area contributed by atoms with Crippen molar-refractivity contribution in [2.45, 2.75) is 57.7 Å². The largest absolute Gasteiger partial charge is 0.349 e. The summed E-state index contributed by atoms with van der Waals surface area (Å²) in [5.41, 5.74) is 0.642. The van der Waals surface area contributed by atoms with Crippen molar-refractivity contribution < 1.29 is 9.59 Å². The Kier molecular flexibility index (Phi) is 4.14. The third-order valence-electron chi connectivity index (χ3n) is 4.76. The van der Waals surface area contributed by atoms with E-state index >= 15 is 0 Å². The quantitative estimate of drug-likeness (QED) is 0.928. The first kappa shape index (κ1) is 15.0. The summed E-state index contributed by atoms with van der Waals surface area (Å²) in [6, 6.07) is 4.19. The fraction of sp³-hybridized carbons (Fsp3) is 0.588. The zero-order valence-electron chi connectivity index (χ0n) is 13.2. The van der Waals surface area contributed by atoms with Gasteiger partial charge in [-0.15, -0.1) is 0 Å². The fourth-order valence-electron chi connectivity index (χ4n) is 3.72. The summed E-state index contributed by atoms with van der Waals surface area (Å²) < 4.78 is 0. The van der Waals surface area contributed by atoms with Crippen LogP contribution in [0.1, 0.15) is 49.9 Å². The van der Waals surface area contributed by atoms with Gasteiger partial charge in [-0.25, -0.2) is 0 Å². The third-order valence-corrected chi connectivity index (χ3v) is 4.76. The molecule has 3 rings (SSSR count). The van der Waals surface area contributed by atoms with Crippen molar-refractivity contribution in [3.63, 3.8) is 0 Å². The van der Waals surface area contributed by atoms with E-state index < -0.39 is 0 Å². The van der Waals surface area contributed by atoms with Crippen molar-refractivity contribution in [1.82, 2.24) is 15.2 Å². The van der Waals surface area contributed by atoms with Gasteiger partial charge in [-0.05, 0) is 37.8 Å². The Bertz CT molecular complexity index is 544. The molecule has 1 aromatic rings. The molecular weight excluding hydrogens is 278 g/mol. The molecule has 22 heavy (non-hydrogen) atoms. The first-order valence-corrected chi connectivity index (χ1v) is 8.09. The van der Waals surface area contributed by atoms with Gasteiger partial charge in [0.1, 0.15) is 0 Å². The second-order valence-electron chi connectivity index (χ2n) is 6.66. The Balaban J connectivity index is 1.64. The molecule has 2 atom stereocenters. The van der Waals surface area contributed by atoms with Crippen molar-refractivity contribution in [2.24, 2.45) is 5.92 Å².